The Bertz CT molecular complexity index is 734. The normalized spacial score (nSPS) is 10.4. The maximum absolute atomic E-state index is 12.0. The van der Waals surface area contributed by atoms with E-state index in [1.54, 1.807) is 0 Å². The molecule has 0 bridgehead atoms. The van der Waals surface area contributed by atoms with Crippen LogP contribution in [-0.4, -0.2) is 25.8 Å². The molecule has 0 saturated heterocycles. The van der Waals surface area contributed by atoms with Gasteiger partial charge in [-0.15, -0.1) is 0 Å². The molecule has 0 unspecified atom stereocenters. The van der Waals surface area contributed by atoms with Crippen molar-refractivity contribution in [3.05, 3.63) is 42.4 Å². The SMILES string of the molecule is NNc1cncc(C(=O)Nc2nc3ccccc3[nH]2)n1. The second-order valence-electron chi connectivity index (χ2n) is 3.99. The summed E-state index contributed by atoms with van der Waals surface area (Å²) in [5.41, 5.74) is 4.08. The number of carbonyl (C=O) groups excluding carboxylic acids is 1. The van der Waals surface area contributed by atoms with Gasteiger partial charge in [-0.05, 0) is 12.1 Å². The lowest BCUT2D eigenvalue weighted by Gasteiger charge is -2.02. The van der Waals surface area contributed by atoms with Crippen molar-refractivity contribution in [3.63, 3.8) is 0 Å². The first-order valence-corrected chi connectivity index (χ1v) is 5.81. The highest BCUT2D eigenvalue weighted by molar-refractivity contribution is 6.02. The molecule has 3 aromatic rings. The molecule has 0 saturated carbocycles. The van der Waals surface area contributed by atoms with E-state index >= 15 is 0 Å². The molecule has 3 rings (SSSR count). The first-order valence-electron chi connectivity index (χ1n) is 5.81. The Labute approximate surface area is 113 Å². The van der Waals surface area contributed by atoms with Crippen LogP contribution in [0, 0.1) is 0 Å². The minimum absolute atomic E-state index is 0.140. The van der Waals surface area contributed by atoms with Gasteiger partial charge < -0.3 is 10.4 Å². The highest BCUT2D eigenvalue weighted by atomic mass is 16.2. The van der Waals surface area contributed by atoms with Crippen molar-refractivity contribution in [2.75, 3.05) is 10.7 Å². The zero-order valence-corrected chi connectivity index (χ0v) is 10.3. The van der Waals surface area contributed by atoms with Gasteiger partial charge in [0.1, 0.15) is 5.69 Å². The number of para-hydroxylation sites is 2. The molecule has 2 aromatic heterocycles. The van der Waals surface area contributed by atoms with Gasteiger partial charge in [-0.3, -0.25) is 15.1 Å². The number of aromatic amines is 1. The molecular weight excluding hydrogens is 258 g/mol. The number of hydrogen-bond donors (Lipinski definition) is 4. The highest BCUT2D eigenvalue weighted by Gasteiger charge is 2.11. The molecule has 0 aliphatic rings. The van der Waals surface area contributed by atoms with Gasteiger partial charge in [-0.25, -0.2) is 15.8 Å². The van der Waals surface area contributed by atoms with Crippen molar-refractivity contribution >= 4 is 28.7 Å². The van der Waals surface area contributed by atoms with Crippen molar-refractivity contribution in [2.45, 2.75) is 0 Å². The summed E-state index contributed by atoms with van der Waals surface area (Å²) in [6.07, 6.45) is 2.76. The van der Waals surface area contributed by atoms with Crippen LogP contribution < -0.4 is 16.6 Å². The lowest BCUT2D eigenvalue weighted by molar-refractivity contribution is 0.102. The second kappa shape index (κ2) is 4.94. The van der Waals surface area contributed by atoms with E-state index in [-0.39, 0.29) is 5.69 Å². The molecule has 5 N–H and O–H groups in total. The van der Waals surface area contributed by atoms with Crippen LogP contribution in [0.5, 0.6) is 0 Å². The number of fused-ring (bicyclic) bond motifs is 1. The molecule has 0 aliphatic heterocycles. The van der Waals surface area contributed by atoms with Crippen LogP contribution >= 0.6 is 0 Å². The number of nitrogens with zero attached hydrogens (tertiary/aromatic N) is 3. The molecule has 1 aromatic carbocycles. The Kier molecular flexibility index (Phi) is 2.98. The molecule has 1 amide bonds. The molecule has 2 heterocycles. The summed E-state index contributed by atoms with van der Waals surface area (Å²) in [5, 5.41) is 2.62. The van der Waals surface area contributed by atoms with Crippen LogP contribution in [0.1, 0.15) is 10.5 Å². The summed E-state index contributed by atoms with van der Waals surface area (Å²) in [4.78, 5) is 27.1. The number of carbonyl (C=O) groups is 1. The van der Waals surface area contributed by atoms with Crippen molar-refractivity contribution in [1.29, 1.82) is 0 Å². The number of benzene rings is 1. The van der Waals surface area contributed by atoms with Crippen molar-refractivity contribution in [3.8, 4) is 0 Å². The van der Waals surface area contributed by atoms with E-state index in [4.69, 9.17) is 5.84 Å². The van der Waals surface area contributed by atoms with Gasteiger partial charge in [0.15, 0.2) is 5.82 Å². The molecule has 0 radical (unpaired) electrons. The number of nitrogens with one attached hydrogen (secondary N) is 3. The predicted molar refractivity (Wildman–Crippen MR) is 73.9 cm³/mol. The van der Waals surface area contributed by atoms with Gasteiger partial charge in [-0.2, -0.15) is 0 Å². The number of imidazole rings is 1. The molecule has 8 heteroatoms. The minimum atomic E-state index is -0.423. The molecule has 0 atom stereocenters. The Morgan fingerprint density at radius 2 is 2.05 bits per heavy atom. The van der Waals surface area contributed by atoms with Gasteiger partial charge in [0, 0.05) is 0 Å². The Hall–Kier alpha value is -3.00. The van der Waals surface area contributed by atoms with Gasteiger partial charge in [0.05, 0.1) is 23.4 Å². The minimum Gasteiger partial charge on any atom is -0.324 e. The summed E-state index contributed by atoms with van der Waals surface area (Å²) in [6.45, 7) is 0. The van der Waals surface area contributed by atoms with E-state index in [2.05, 4.69) is 30.7 Å². The fraction of sp³-hybridized carbons (Fsp3) is 0. The number of amides is 1. The number of rotatable bonds is 3. The fourth-order valence-corrected chi connectivity index (χ4v) is 1.73. The van der Waals surface area contributed by atoms with Gasteiger partial charge in [0.25, 0.3) is 5.91 Å². The number of anilines is 2. The summed E-state index contributed by atoms with van der Waals surface area (Å²) in [7, 11) is 0. The molecule has 0 aliphatic carbocycles. The quantitative estimate of drug-likeness (QED) is 0.414. The molecular formula is C12H11N7O. The lowest BCUT2D eigenvalue weighted by Crippen LogP contribution is -2.17. The maximum atomic E-state index is 12.0. The predicted octanol–water partition coefficient (Wildman–Crippen LogP) is 0.891. The summed E-state index contributed by atoms with van der Waals surface area (Å²) in [5.74, 6) is 5.46. The van der Waals surface area contributed by atoms with Crippen LogP contribution in [0.4, 0.5) is 11.8 Å². The molecule has 8 nitrogen and oxygen atoms in total. The number of hydrogen-bond acceptors (Lipinski definition) is 6. The lowest BCUT2D eigenvalue weighted by atomic mass is 10.3. The van der Waals surface area contributed by atoms with Crippen molar-refractivity contribution < 1.29 is 4.79 Å². The van der Waals surface area contributed by atoms with Gasteiger partial charge >= 0.3 is 0 Å². The molecule has 0 spiro atoms. The number of H-pyrrole nitrogens is 1. The zero-order chi connectivity index (χ0) is 13.9. The topological polar surface area (TPSA) is 122 Å². The Morgan fingerprint density at radius 3 is 2.85 bits per heavy atom. The van der Waals surface area contributed by atoms with Gasteiger partial charge in [0.2, 0.25) is 5.95 Å². The Morgan fingerprint density at radius 1 is 1.20 bits per heavy atom. The highest BCUT2D eigenvalue weighted by Crippen LogP contribution is 2.13. The molecule has 0 fully saturated rings. The number of nitrogens with two attached hydrogens (primary N) is 1. The first kappa shape index (κ1) is 12.1. The van der Waals surface area contributed by atoms with Crippen molar-refractivity contribution in [1.82, 2.24) is 19.9 Å². The first-order chi connectivity index (χ1) is 9.76. The average molecular weight is 269 g/mol. The summed E-state index contributed by atoms with van der Waals surface area (Å²) < 4.78 is 0. The fourth-order valence-electron chi connectivity index (χ4n) is 1.73. The number of hydrazine groups is 1. The van der Waals surface area contributed by atoms with E-state index in [0.29, 0.717) is 11.8 Å². The van der Waals surface area contributed by atoms with Crippen LogP contribution in [0.3, 0.4) is 0 Å². The van der Waals surface area contributed by atoms with Crippen LogP contribution in [0.2, 0.25) is 0 Å². The van der Waals surface area contributed by atoms with E-state index < -0.39 is 5.91 Å². The standard InChI is InChI=1S/C12H11N7O/c13-19-10-6-14-5-9(15-10)11(20)18-12-16-7-3-1-2-4-8(7)17-12/h1-6H,13H2,(H,15,19)(H2,16,17,18,20). The van der Waals surface area contributed by atoms with Crippen LogP contribution in [0.15, 0.2) is 36.7 Å². The van der Waals surface area contributed by atoms with E-state index in [0.717, 1.165) is 11.0 Å². The van der Waals surface area contributed by atoms with Crippen molar-refractivity contribution in [2.24, 2.45) is 5.84 Å². The third kappa shape index (κ3) is 2.27. The van der Waals surface area contributed by atoms with E-state index in [1.165, 1.54) is 12.4 Å². The van der Waals surface area contributed by atoms with Crippen LogP contribution in [0.25, 0.3) is 11.0 Å². The smallest absolute Gasteiger partial charge is 0.278 e. The zero-order valence-electron chi connectivity index (χ0n) is 10.3. The maximum Gasteiger partial charge on any atom is 0.278 e. The monoisotopic (exact) mass is 269 g/mol. The largest absolute Gasteiger partial charge is 0.324 e. The van der Waals surface area contributed by atoms with E-state index in [9.17, 15) is 4.79 Å². The third-order valence-electron chi connectivity index (χ3n) is 2.64. The van der Waals surface area contributed by atoms with E-state index in [1.807, 2.05) is 24.3 Å². The third-order valence-corrected chi connectivity index (χ3v) is 2.64. The average Bonchev–Trinajstić information content (AvgIpc) is 2.89. The number of aromatic nitrogens is 4. The van der Waals surface area contributed by atoms with Crippen LogP contribution in [-0.2, 0) is 0 Å². The second-order valence-corrected chi connectivity index (χ2v) is 3.99. The molecule has 20 heavy (non-hydrogen) atoms. The summed E-state index contributed by atoms with van der Waals surface area (Å²) in [6, 6.07) is 7.47. The molecule has 100 valence electrons. The number of nitrogen functional groups attached to an aromatic ring is 1. The van der Waals surface area contributed by atoms with Gasteiger partial charge in [-0.1, -0.05) is 12.1 Å². The summed E-state index contributed by atoms with van der Waals surface area (Å²) >= 11 is 0. The Balaban J connectivity index is 1.84.